The lowest BCUT2D eigenvalue weighted by molar-refractivity contribution is -0.118. The van der Waals surface area contributed by atoms with Crippen molar-refractivity contribution < 1.29 is 9.53 Å². The van der Waals surface area contributed by atoms with Crippen LogP contribution in [0.2, 0.25) is 0 Å². The second-order valence-electron chi connectivity index (χ2n) is 5.97. The number of carbonyl (C=O) groups excluding carboxylic acids is 1. The maximum absolute atomic E-state index is 12.1. The van der Waals surface area contributed by atoms with E-state index >= 15 is 0 Å². The number of methoxy groups -OCH3 is 1. The fourth-order valence-corrected chi connectivity index (χ4v) is 3.34. The number of carbonyl (C=O) groups is 1. The summed E-state index contributed by atoms with van der Waals surface area (Å²) in [4.78, 5) is 12.1. The third kappa shape index (κ3) is 5.10. The van der Waals surface area contributed by atoms with E-state index in [9.17, 15) is 4.79 Å². The minimum atomic E-state index is -0.0160. The predicted molar refractivity (Wildman–Crippen MR) is 107 cm³/mol. The highest BCUT2D eigenvalue weighted by molar-refractivity contribution is 7.99. The van der Waals surface area contributed by atoms with Gasteiger partial charge in [0.15, 0.2) is 11.0 Å². The van der Waals surface area contributed by atoms with Crippen molar-refractivity contribution in [1.82, 2.24) is 20.1 Å². The van der Waals surface area contributed by atoms with Gasteiger partial charge in [-0.15, -0.1) is 10.2 Å². The van der Waals surface area contributed by atoms with Crippen LogP contribution < -0.4 is 10.1 Å². The molecule has 1 N–H and O–H groups in total. The maximum Gasteiger partial charge on any atom is 0.230 e. The second-order valence-corrected chi connectivity index (χ2v) is 6.91. The topological polar surface area (TPSA) is 69.0 Å². The highest BCUT2D eigenvalue weighted by Crippen LogP contribution is 2.22. The number of aromatic nitrogens is 3. The molecule has 0 aliphatic rings. The molecule has 140 valence electrons. The number of nitrogens with one attached hydrogen (secondary N) is 1. The number of benzene rings is 2. The van der Waals surface area contributed by atoms with Gasteiger partial charge >= 0.3 is 0 Å². The zero-order valence-corrected chi connectivity index (χ0v) is 16.2. The molecule has 0 saturated heterocycles. The van der Waals surface area contributed by atoms with Crippen molar-refractivity contribution in [2.75, 3.05) is 19.4 Å². The lowest BCUT2D eigenvalue weighted by Crippen LogP contribution is -2.27. The third-order valence-corrected chi connectivity index (χ3v) is 5.11. The first-order valence-electron chi connectivity index (χ1n) is 8.64. The molecular formula is C20H22N4O2S. The molecule has 27 heavy (non-hydrogen) atoms. The van der Waals surface area contributed by atoms with E-state index in [0.717, 1.165) is 34.3 Å². The summed E-state index contributed by atoms with van der Waals surface area (Å²) in [5.74, 6) is 1.91. The van der Waals surface area contributed by atoms with Gasteiger partial charge in [-0.2, -0.15) is 0 Å². The summed E-state index contributed by atoms with van der Waals surface area (Å²) in [5.41, 5.74) is 2.16. The molecule has 0 atom stereocenters. The van der Waals surface area contributed by atoms with Crippen LogP contribution in [-0.4, -0.2) is 40.1 Å². The smallest absolute Gasteiger partial charge is 0.230 e. The van der Waals surface area contributed by atoms with Gasteiger partial charge in [-0.1, -0.05) is 54.2 Å². The van der Waals surface area contributed by atoms with Crippen LogP contribution in [-0.2, 0) is 18.3 Å². The minimum Gasteiger partial charge on any atom is -0.497 e. The van der Waals surface area contributed by atoms with Crippen LogP contribution in [0.3, 0.4) is 0 Å². The van der Waals surface area contributed by atoms with E-state index in [1.807, 2.05) is 66.2 Å². The first-order valence-corrected chi connectivity index (χ1v) is 9.63. The maximum atomic E-state index is 12.1. The number of ether oxygens (including phenoxy) is 1. The fourth-order valence-electron chi connectivity index (χ4n) is 2.60. The normalized spacial score (nSPS) is 10.6. The Morgan fingerprint density at radius 3 is 2.56 bits per heavy atom. The van der Waals surface area contributed by atoms with E-state index in [0.29, 0.717) is 12.3 Å². The fraction of sp³-hybridized carbons (Fsp3) is 0.250. The summed E-state index contributed by atoms with van der Waals surface area (Å²) in [5, 5.41) is 12.1. The van der Waals surface area contributed by atoms with Crippen LogP contribution in [0.25, 0.3) is 11.4 Å². The Labute approximate surface area is 163 Å². The molecule has 6 nitrogen and oxygen atoms in total. The highest BCUT2D eigenvalue weighted by Gasteiger charge is 2.12. The molecule has 0 spiro atoms. The number of thioether (sulfide) groups is 1. The summed E-state index contributed by atoms with van der Waals surface area (Å²) in [7, 11) is 3.55. The minimum absolute atomic E-state index is 0.0160. The van der Waals surface area contributed by atoms with Crippen molar-refractivity contribution in [2.45, 2.75) is 11.6 Å². The average molecular weight is 382 g/mol. The molecule has 0 aliphatic heterocycles. The van der Waals surface area contributed by atoms with Crippen LogP contribution in [0.5, 0.6) is 5.75 Å². The number of nitrogens with zero attached hydrogens (tertiary/aromatic N) is 3. The number of rotatable bonds is 8. The second kappa shape index (κ2) is 9.23. The molecule has 0 fully saturated rings. The van der Waals surface area contributed by atoms with E-state index in [1.165, 1.54) is 11.8 Å². The third-order valence-electron chi connectivity index (χ3n) is 4.09. The molecule has 1 aromatic heterocycles. The quantitative estimate of drug-likeness (QED) is 0.607. The number of hydrogen-bond donors (Lipinski definition) is 1. The first-order chi connectivity index (χ1) is 13.2. The van der Waals surface area contributed by atoms with Crippen LogP contribution in [0.15, 0.2) is 59.8 Å². The molecule has 0 aliphatic carbocycles. The van der Waals surface area contributed by atoms with E-state index in [1.54, 1.807) is 7.11 Å². The zero-order chi connectivity index (χ0) is 19.1. The summed E-state index contributed by atoms with van der Waals surface area (Å²) in [6, 6.07) is 17.7. The Bertz CT molecular complexity index is 879. The van der Waals surface area contributed by atoms with Crippen molar-refractivity contribution in [3.63, 3.8) is 0 Å². The lowest BCUT2D eigenvalue weighted by Gasteiger charge is -2.06. The van der Waals surface area contributed by atoms with Crippen molar-refractivity contribution >= 4 is 17.7 Å². The molecule has 2 aromatic carbocycles. The summed E-state index contributed by atoms with van der Waals surface area (Å²) >= 11 is 1.38. The summed E-state index contributed by atoms with van der Waals surface area (Å²) in [6.07, 6.45) is 0.780. The first kappa shape index (κ1) is 19.0. The van der Waals surface area contributed by atoms with Crippen molar-refractivity contribution in [2.24, 2.45) is 7.05 Å². The predicted octanol–water partition coefficient (Wildman–Crippen LogP) is 2.94. The molecular weight excluding hydrogens is 360 g/mol. The Kier molecular flexibility index (Phi) is 6.49. The molecule has 1 heterocycles. The van der Waals surface area contributed by atoms with Gasteiger partial charge in [0.25, 0.3) is 0 Å². The van der Waals surface area contributed by atoms with Crippen molar-refractivity contribution in [1.29, 1.82) is 0 Å². The monoisotopic (exact) mass is 382 g/mol. The van der Waals surface area contributed by atoms with Gasteiger partial charge in [0, 0.05) is 19.2 Å². The lowest BCUT2D eigenvalue weighted by atomic mass is 10.1. The summed E-state index contributed by atoms with van der Waals surface area (Å²) < 4.78 is 7.05. The molecule has 0 radical (unpaired) electrons. The standard InChI is InChI=1S/C20H22N4O2S/c1-24-19(16-6-4-3-5-7-16)22-23-20(24)27-14-18(25)21-13-12-15-8-10-17(26-2)11-9-15/h3-11H,12-14H2,1-2H3,(H,21,25). The van der Waals surface area contributed by atoms with E-state index in [2.05, 4.69) is 15.5 Å². The Morgan fingerprint density at radius 1 is 1.11 bits per heavy atom. The molecule has 0 saturated carbocycles. The molecule has 0 bridgehead atoms. The Morgan fingerprint density at radius 2 is 1.85 bits per heavy atom. The van der Waals surface area contributed by atoms with Gasteiger partial charge in [0.1, 0.15) is 5.75 Å². The van der Waals surface area contributed by atoms with E-state index in [-0.39, 0.29) is 5.91 Å². The molecule has 7 heteroatoms. The molecule has 1 amide bonds. The van der Waals surface area contributed by atoms with Gasteiger partial charge in [-0.25, -0.2) is 0 Å². The van der Waals surface area contributed by atoms with Gasteiger partial charge in [-0.05, 0) is 24.1 Å². The van der Waals surface area contributed by atoms with Gasteiger partial charge in [0.2, 0.25) is 5.91 Å². The molecule has 3 rings (SSSR count). The van der Waals surface area contributed by atoms with E-state index in [4.69, 9.17) is 4.74 Å². The van der Waals surface area contributed by atoms with Crippen LogP contribution >= 0.6 is 11.8 Å². The Hall–Kier alpha value is -2.80. The van der Waals surface area contributed by atoms with Crippen LogP contribution in [0.4, 0.5) is 0 Å². The van der Waals surface area contributed by atoms with Crippen LogP contribution in [0.1, 0.15) is 5.56 Å². The number of hydrogen-bond acceptors (Lipinski definition) is 5. The molecule has 3 aromatic rings. The average Bonchev–Trinajstić information content (AvgIpc) is 3.08. The summed E-state index contributed by atoms with van der Waals surface area (Å²) in [6.45, 7) is 0.597. The van der Waals surface area contributed by atoms with Gasteiger partial charge < -0.3 is 14.6 Å². The van der Waals surface area contributed by atoms with Crippen molar-refractivity contribution in [3.8, 4) is 17.1 Å². The van der Waals surface area contributed by atoms with E-state index < -0.39 is 0 Å². The molecule has 0 unspecified atom stereocenters. The van der Waals surface area contributed by atoms with Gasteiger partial charge in [-0.3, -0.25) is 4.79 Å². The SMILES string of the molecule is COc1ccc(CCNC(=O)CSc2nnc(-c3ccccc3)n2C)cc1. The largest absolute Gasteiger partial charge is 0.497 e. The zero-order valence-electron chi connectivity index (χ0n) is 15.4. The Balaban J connectivity index is 1.46. The van der Waals surface area contributed by atoms with Crippen LogP contribution in [0, 0.1) is 0 Å². The highest BCUT2D eigenvalue weighted by atomic mass is 32.2. The van der Waals surface area contributed by atoms with Crippen molar-refractivity contribution in [3.05, 3.63) is 60.2 Å². The van der Waals surface area contributed by atoms with Gasteiger partial charge in [0.05, 0.1) is 12.9 Å². The number of amides is 1.